The summed E-state index contributed by atoms with van der Waals surface area (Å²) in [6.07, 6.45) is 1.88. The van der Waals surface area contributed by atoms with E-state index in [9.17, 15) is 9.59 Å². The van der Waals surface area contributed by atoms with Gasteiger partial charge in [-0.1, -0.05) is 0 Å². The van der Waals surface area contributed by atoms with Gasteiger partial charge < -0.3 is 11.1 Å². The van der Waals surface area contributed by atoms with Crippen molar-refractivity contribution in [3.05, 3.63) is 24.0 Å². The minimum atomic E-state index is -0.590. The van der Waals surface area contributed by atoms with Crippen molar-refractivity contribution >= 4 is 18.0 Å². The summed E-state index contributed by atoms with van der Waals surface area (Å²) in [5.41, 5.74) is 5.64. The molecule has 1 aromatic rings. The van der Waals surface area contributed by atoms with Crippen LogP contribution in [0.15, 0.2) is 18.3 Å². The topological polar surface area (TPSA) is 85.1 Å². The second-order valence-electron chi connectivity index (χ2n) is 2.06. The van der Waals surface area contributed by atoms with Crippen molar-refractivity contribution in [2.45, 2.75) is 0 Å². The molecular formula is C7H7N3O2. The van der Waals surface area contributed by atoms with Crippen LogP contribution in [-0.2, 0) is 4.79 Å². The molecule has 0 atom stereocenters. The van der Waals surface area contributed by atoms with Crippen molar-refractivity contribution in [2.24, 2.45) is 5.73 Å². The number of rotatable bonds is 3. The number of aromatic nitrogens is 1. The molecule has 0 fully saturated rings. The van der Waals surface area contributed by atoms with Gasteiger partial charge in [-0.2, -0.15) is 0 Å². The third-order valence-corrected chi connectivity index (χ3v) is 1.24. The number of carbonyl (C=O) groups excluding carboxylic acids is 2. The molecule has 1 heterocycles. The molecule has 0 spiro atoms. The number of pyridine rings is 1. The van der Waals surface area contributed by atoms with Gasteiger partial charge in [0.05, 0.1) is 11.9 Å². The first-order valence-corrected chi connectivity index (χ1v) is 3.20. The third-order valence-electron chi connectivity index (χ3n) is 1.24. The van der Waals surface area contributed by atoms with E-state index < -0.39 is 5.91 Å². The summed E-state index contributed by atoms with van der Waals surface area (Å²) < 4.78 is 0. The lowest BCUT2D eigenvalue weighted by Gasteiger charge is -1.97. The molecule has 3 N–H and O–H groups in total. The fraction of sp³-hybridized carbons (Fsp3) is 0. The second-order valence-corrected chi connectivity index (χ2v) is 2.06. The average molecular weight is 165 g/mol. The van der Waals surface area contributed by atoms with Crippen molar-refractivity contribution in [3.63, 3.8) is 0 Å². The molecule has 0 aliphatic heterocycles. The Hall–Kier alpha value is -1.91. The number of hydrogen-bond acceptors (Lipinski definition) is 3. The molecule has 0 bridgehead atoms. The lowest BCUT2D eigenvalue weighted by Crippen LogP contribution is -2.12. The van der Waals surface area contributed by atoms with E-state index in [-0.39, 0.29) is 5.69 Å². The molecule has 0 aliphatic carbocycles. The molecule has 1 rings (SSSR count). The molecule has 0 saturated carbocycles. The van der Waals surface area contributed by atoms with E-state index in [4.69, 9.17) is 5.73 Å². The Morgan fingerprint density at radius 3 is 2.75 bits per heavy atom. The SMILES string of the molecule is NC(=O)c1ccc(NC=O)cn1. The van der Waals surface area contributed by atoms with Crippen molar-refractivity contribution in [3.8, 4) is 0 Å². The molecule has 62 valence electrons. The summed E-state index contributed by atoms with van der Waals surface area (Å²) in [6, 6.07) is 2.98. The summed E-state index contributed by atoms with van der Waals surface area (Å²) in [6.45, 7) is 0. The number of amides is 2. The number of hydrogen-bond donors (Lipinski definition) is 2. The van der Waals surface area contributed by atoms with Gasteiger partial charge in [-0.05, 0) is 12.1 Å². The zero-order chi connectivity index (χ0) is 8.97. The molecular weight excluding hydrogens is 158 g/mol. The maximum absolute atomic E-state index is 10.5. The highest BCUT2D eigenvalue weighted by Crippen LogP contribution is 2.03. The lowest BCUT2D eigenvalue weighted by molar-refractivity contribution is -0.105. The summed E-state index contributed by atoms with van der Waals surface area (Å²) in [5, 5.41) is 2.38. The van der Waals surface area contributed by atoms with Crippen LogP contribution in [0.3, 0.4) is 0 Å². The van der Waals surface area contributed by atoms with Gasteiger partial charge in [0.25, 0.3) is 5.91 Å². The Kier molecular flexibility index (Phi) is 2.37. The van der Waals surface area contributed by atoms with Crippen molar-refractivity contribution < 1.29 is 9.59 Å². The van der Waals surface area contributed by atoms with E-state index in [0.29, 0.717) is 12.1 Å². The quantitative estimate of drug-likeness (QED) is 0.605. The average Bonchev–Trinajstić information content (AvgIpc) is 2.06. The number of nitrogens with two attached hydrogens (primary N) is 1. The van der Waals surface area contributed by atoms with Crippen molar-refractivity contribution in [2.75, 3.05) is 5.32 Å². The Balaban J connectivity index is 2.85. The molecule has 2 amide bonds. The summed E-state index contributed by atoms with van der Waals surface area (Å²) in [5.74, 6) is -0.590. The molecule has 5 nitrogen and oxygen atoms in total. The van der Waals surface area contributed by atoms with Gasteiger partial charge in [0.15, 0.2) is 0 Å². The summed E-state index contributed by atoms with van der Waals surface area (Å²) in [4.78, 5) is 24.2. The van der Waals surface area contributed by atoms with Gasteiger partial charge in [0.2, 0.25) is 6.41 Å². The lowest BCUT2D eigenvalue weighted by atomic mass is 10.3. The molecule has 0 aromatic carbocycles. The smallest absolute Gasteiger partial charge is 0.267 e. The molecule has 12 heavy (non-hydrogen) atoms. The van der Waals surface area contributed by atoms with E-state index in [1.165, 1.54) is 12.3 Å². The first-order valence-electron chi connectivity index (χ1n) is 3.20. The van der Waals surface area contributed by atoms with Crippen LogP contribution in [0, 0.1) is 0 Å². The highest BCUT2D eigenvalue weighted by molar-refractivity contribution is 5.91. The number of carbonyl (C=O) groups is 2. The second kappa shape index (κ2) is 3.47. The van der Waals surface area contributed by atoms with Crippen LogP contribution in [0.5, 0.6) is 0 Å². The highest BCUT2D eigenvalue weighted by atomic mass is 16.1. The highest BCUT2D eigenvalue weighted by Gasteiger charge is 1.99. The third kappa shape index (κ3) is 1.79. The maximum Gasteiger partial charge on any atom is 0.267 e. The van der Waals surface area contributed by atoms with Crippen molar-refractivity contribution in [1.29, 1.82) is 0 Å². The zero-order valence-electron chi connectivity index (χ0n) is 6.15. The molecule has 0 aliphatic rings. The standard InChI is InChI=1S/C7H7N3O2/c8-7(12)6-2-1-5(3-9-6)10-4-11/h1-4H,(H2,8,12)(H,10,11). The van der Waals surface area contributed by atoms with Crippen LogP contribution in [0.1, 0.15) is 10.5 Å². The van der Waals surface area contributed by atoms with Gasteiger partial charge in [-0.25, -0.2) is 4.98 Å². The fourth-order valence-electron chi connectivity index (χ4n) is 0.693. The summed E-state index contributed by atoms with van der Waals surface area (Å²) in [7, 11) is 0. The van der Waals surface area contributed by atoms with Crippen LogP contribution in [0.25, 0.3) is 0 Å². The zero-order valence-corrected chi connectivity index (χ0v) is 6.15. The Morgan fingerprint density at radius 2 is 2.33 bits per heavy atom. The number of primary amides is 1. The van der Waals surface area contributed by atoms with E-state index in [1.54, 1.807) is 6.07 Å². The van der Waals surface area contributed by atoms with Gasteiger partial charge in [0, 0.05) is 0 Å². The summed E-state index contributed by atoms with van der Waals surface area (Å²) >= 11 is 0. The van der Waals surface area contributed by atoms with Crippen LogP contribution in [-0.4, -0.2) is 17.3 Å². The molecule has 5 heteroatoms. The number of nitrogens with zero attached hydrogens (tertiary/aromatic N) is 1. The minimum Gasteiger partial charge on any atom is -0.364 e. The molecule has 0 saturated heterocycles. The van der Waals surface area contributed by atoms with Gasteiger partial charge in [-0.15, -0.1) is 0 Å². The van der Waals surface area contributed by atoms with Crippen LogP contribution < -0.4 is 11.1 Å². The van der Waals surface area contributed by atoms with E-state index in [1.807, 2.05) is 0 Å². The van der Waals surface area contributed by atoms with Crippen LogP contribution >= 0.6 is 0 Å². The largest absolute Gasteiger partial charge is 0.364 e. The predicted molar refractivity (Wildman–Crippen MR) is 42.4 cm³/mol. The van der Waals surface area contributed by atoms with Crippen LogP contribution in [0.2, 0.25) is 0 Å². The first kappa shape index (κ1) is 8.19. The van der Waals surface area contributed by atoms with Gasteiger partial charge in [0.1, 0.15) is 5.69 Å². The van der Waals surface area contributed by atoms with Crippen LogP contribution in [0.4, 0.5) is 5.69 Å². The monoisotopic (exact) mass is 165 g/mol. The van der Waals surface area contributed by atoms with Crippen molar-refractivity contribution in [1.82, 2.24) is 4.98 Å². The molecule has 1 aromatic heterocycles. The minimum absolute atomic E-state index is 0.173. The van der Waals surface area contributed by atoms with E-state index >= 15 is 0 Å². The molecule has 0 unspecified atom stereocenters. The number of nitrogens with one attached hydrogen (secondary N) is 1. The maximum atomic E-state index is 10.5. The van der Waals surface area contributed by atoms with E-state index in [2.05, 4.69) is 10.3 Å². The fourth-order valence-corrected chi connectivity index (χ4v) is 0.693. The normalized spacial score (nSPS) is 9.00. The van der Waals surface area contributed by atoms with Gasteiger partial charge >= 0.3 is 0 Å². The Labute approximate surface area is 68.6 Å². The Bertz CT molecular complexity index is 294. The first-order chi connectivity index (χ1) is 5.74. The predicted octanol–water partition coefficient (Wildman–Crippen LogP) is -0.251. The molecule has 0 radical (unpaired) electrons. The number of anilines is 1. The Morgan fingerprint density at radius 1 is 1.58 bits per heavy atom. The van der Waals surface area contributed by atoms with E-state index in [0.717, 1.165) is 0 Å². The van der Waals surface area contributed by atoms with Gasteiger partial charge in [-0.3, -0.25) is 9.59 Å².